The van der Waals surface area contributed by atoms with Gasteiger partial charge in [-0.15, -0.1) is 0 Å². The van der Waals surface area contributed by atoms with Gasteiger partial charge in [-0.1, -0.05) is 0 Å². The van der Waals surface area contributed by atoms with Crippen molar-refractivity contribution in [2.24, 2.45) is 11.8 Å². The Bertz CT molecular complexity index is 2490. The number of hydrogen-bond acceptors (Lipinski definition) is 16. The quantitative estimate of drug-likeness (QED) is 0.195. The van der Waals surface area contributed by atoms with Crippen LogP contribution in [0.3, 0.4) is 0 Å². The number of likely N-dealkylation sites (tertiary alicyclic amines) is 16. The molecule has 8 atom stereocenters. The van der Waals surface area contributed by atoms with Crippen LogP contribution in [0.5, 0.6) is 0 Å². The monoisotopic (exact) mass is 1650 g/mol. The molecule has 17 fully saturated rings. The first kappa shape index (κ1) is 94.7. The average molecular weight is 1650 g/mol. The standard InChI is InChI=1S/2C11H19F3N2.C11H20F2N2.C11H21FN2.C11H20N2.C10H18F2N2.2C10H19FN2/c2*1-15-7-4-9(5-8-15)16-6-2-3-10(16)11(12,13)14;1-14-7-4-9(5-8-14)15-6-2-3-10(15)11(12)13;1-13-7-4-10(5-8-13)14-6-2-3-11(14)9-12;1-12-4-2-11(3-5-12)13-7-9-6-10(9)8-13;1-13-5-2-9(3-6-13)14-7-4-10(11,12)8-14;2*1-12-5-3-10(4-6-12)13-7-2-9(11)8-13/h2*9-10H,2-8H2,1H3;9-11H,2-8H2,1H3;10-11H,2-9H2,1H3;9-11H,2-8H2,1H3;9H,2-8H2,1H3;2*9-10H,2-8H2,1H3/t3*10-;11-;;;2*9-/m1011..10/s1. The minimum absolute atomic E-state index is 0.0125. The number of nitrogens with zero attached hydrogens (tertiary/aromatic N) is 16. The van der Waals surface area contributed by atoms with Gasteiger partial charge in [0.15, 0.2) is 0 Å². The summed E-state index contributed by atoms with van der Waals surface area (Å²) in [7, 11) is 17.0. The maximum atomic E-state index is 13.0. The van der Waals surface area contributed by atoms with Gasteiger partial charge in [0.2, 0.25) is 0 Å². The van der Waals surface area contributed by atoms with Crippen molar-refractivity contribution in [3.05, 3.63) is 0 Å². The van der Waals surface area contributed by atoms with Crippen LogP contribution in [0, 0.1) is 11.8 Å². The Hall–Kier alpha value is -1.55. The van der Waals surface area contributed by atoms with E-state index in [-0.39, 0.29) is 50.6 Å². The molecule has 0 aromatic carbocycles. The third-order valence-electron chi connectivity index (χ3n) is 29.6. The fraction of sp³-hybridized carbons (Fsp3) is 1.00. The van der Waals surface area contributed by atoms with E-state index in [1.54, 1.807) is 16.2 Å². The van der Waals surface area contributed by atoms with Gasteiger partial charge in [0, 0.05) is 107 Å². The van der Waals surface area contributed by atoms with Gasteiger partial charge in [0.1, 0.15) is 31.1 Å². The SMILES string of the molecule is CN1CCC(N2CC3CC3C2)CC1.CN1CCC(N2CCC(F)(F)C2)CC1.CN1CCC(N2CCC[C@@H]2C(F)(F)F)CC1.CN1CCC(N2CCC[C@@H]2C(F)F)CC1.CN1CCC(N2CCC[C@@H]2CF)CC1.CN1CCC(N2CCC[C@H]2C(F)(F)F)CC1.CN1CCC(N2CC[C@@H](F)C2)CC1.CN1CCC(N2CC[C@H](F)C2)CC1. The second-order valence-corrected chi connectivity index (χ2v) is 38.2. The van der Waals surface area contributed by atoms with Gasteiger partial charge >= 0.3 is 12.4 Å². The second-order valence-electron chi connectivity index (χ2n) is 38.2. The van der Waals surface area contributed by atoms with E-state index in [0.29, 0.717) is 82.2 Å². The van der Waals surface area contributed by atoms with Crippen LogP contribution in [0.1, 0.15) is 180 Å². The molecule has 0 aromatic rings. The zero-order chi connectivity index (χ0) is 81.9. The molecule has 2 unspecified atom stereocenters. The predicted molar refractivity (Wildman–Crippen MR) is 434 cm³/mol. The molecule has 114 heavy (non-hydrogen) atoms. The van der Waals surface area contributed by atoms with E-state index in [1.807, 2.05) is 19.0 Å². The molecule has 29 heteroatoms. The van der Waals surface area contributed by atoms with Crippen molar-refractivity contribution in [2.75, 3.05) is 246 Å². The summed E-state index contributed by atoms with van der Waals surface area (Å²) >= 11 is 0. The number of alkyl halides is 13. The van der Waals surface area contributed by atoms with Crippen LogP contribution in [0.2, 0.25) is 0 Å². The molecule has 16 aliphatic heterocycles. The molecule has 17 rings (SSSR count). The molecule has 0 aromatic heterocycles. The molecule has 0 amide bonds. The summed E-state index contributed by atoms with van der Waals surface area (Å²) < 4.78 is 167. The summed E-state index contributed by atoms with van der Waals surface area (Å²) in [4.78, 5) is 35.8. The highest BCUT2D eigenvalue weighted by atomic mass is 19.4. The zero-order valence-corrected chi connectivity index (χ0v) is 71.7. The summed E-state index contributed by atoms with van der Waals surface area (Å²) in [6, 6.07) is 1.44. The van der Waals surface area contributed by atoms with E-state index in [2.05, 4.69) is 106 Å². The molecule has 16 heterocycles. The van der Waals surface area contributed by atoms with Gasteiger partial charge in [-0.05, 0) is 372 Å². The Kier molecular flexibility index (Phi) is 38.0. The second kappa shape index (κ2) is 45.7. The maximum absolute atomic E-state index is 13.0. The van der Waals surface area contributed by atoms with E-state index < -0.39 is 55.2 Å². The van der Waals surface area contributed by atoms with Crippen LogP contribution in [0.4, 0.5) is 57.1 Å². The molecule has 0 spiro atoms. The lowest BCUT2D eigenvalue weighted by Crippen LogP contribution is -2.50. The lowest BCUT2D eigenvalue weighted by atomic mass is 10.0. The summed E-state index contributed by atoms with van der Waals surface area (Å²) in [5.74, 6) is -0.206. The molecule has 0 radical (unpaired) electrons. The highest BCUT2D eigenvalue weighted by Crippen LogP contribution is 2.47. The van der Waals surface area contributed by atoms with E-state index in [0.717, 1.165) is 173 Å². The first-order chi connectivity index (χ1) is 54.4. The largest absolute Gasteiger partial charge is 0.404 e. The summed E-state index contributed by atoms with van der Waals surface area (Å²) in [5, 5.41) is 0. The van der Waals surface area contributed by atoms with Crippen molar-refractivity contribution in [1.29, 1.82) is 0 Å². The molecule has 0 N–H and O–H groups in total. The Balaban J connectivity index is 0.000000138. The van der Waals surface area contributed by atoms with Gasteiger partial charge in [0.25, 0.3) is 12.3 Å². The minimum atomic E-state index is -4.04. The Labute approximate surface area is 680 Å². The molecular weight excluding hydrogens is 1490 g/mol. The van der Waals surface area contributed by atoms with Crippen molar-refractivity contribution in [1.82, 2.24) is 78.4 Å². The summed E-state index contributed by atoms with van der Waals surface area (Å²) in [6.45, 7) is 27.5. The highest BCUT2D eigenvalue weighted by molar-refractivity contribution is 5.00. The third-order valence-corrected chi connectivity index (χ3v) is 29.6. The van der Waals surface area contributed by atoms with Crippen molar-refractivity contribution >= 4 is 0 Å². The number of rotatable bonds is 10. The molecular formula is C85H155F13N16. The van der Waals surface area contributed by atoms with E-state index >= 15 is 0 Å². The predicted octanol–water partition coefficient (Wildman–Crippen LogP) is 12.2. The molecule has 0 bridgehead atoms. The van der Waals surface area contributed by atoms with Crippen LogP contribution in [-0.2, 0) is 0 Å². The van der Waals surface area contributed by atoms with Crippen LogP contribution >= 0.6 is 0 Å². The number of halogens is 13. The van der Waals surface area contributed by atoms with Gasteiger partial charge < -0.3 is 39.2 Å². The normalized spacial score (nSPS) is 33.3. The van der Waals surface area contributed by atoms with Gasteiger partial charge in [0.05, 0.1) is 12.6 Å². The molecule has 1 aliphatic carbocycles. The molecule has 16 saturated heterocycles. The summed E-state index contributed by atoms with van der Waals surface area (Å²) in [5.41, 5.74) is 0. The number of hydrogen-bond donors (Lipinski definition) is 0. The third kappa shape index (κ3) is 29.6. The minimum Gasteiger partial charge on any atom is -0.306 e. The Morgan fingerprint density at radius 1 is 0.307 bits per heavy atom. The maximum Gasteiger partial charge on any atom is 0.404 e. The fourth-order valence-corrected chi connectivity index (χ4v) is 21.9. The van der Waals surface area contributed by atoms with Gasteiger partial charge in [-0.25, -0.2) is 30.7 Å². The van der Waals surface area contributed by atoms with Crippen LogP contribution < -0.4 is 0 Å². The van der Waals surface area contributed by atoms with Crippen molar-refractivity contribution < 1.29 is 57.1 Å². The van der Waals surface area contributed by atoms with Crippen LogP contribution in [0.15, 0.2) is 0 Å². The van der Waals surface area contributed by atoms with Crippen LogP contribution in [0.25, 0.3) is 0 Å². The smallest absolute Gasteiger partial charge is 0.306 e. The molecule has 1 saturated carbocycles. The van der Waals surface area contributed by atoms with E-state index in [1.165, 1.54) is 123 Å². The van der Waals surface area contributed by atoms with Crippen molar-refractivity contribution in [3.63, 3.8) is 0 Å². The lowest BCUT2D eigenvalue weighted by molar-refractivity contribution is -0.183. The topological polar surface area (TPSA) is 51.8 Å². The van der Waals surface area contributed by atoms with Crippen molar-refractivity contribution in [2.45, 2.75) is 289 Å². The zero-order valence-electron chi connectivity index (χ0n) is 71.7. The lowest BCUT2D eigenvalue weighted by Gasteiger charge is -2.38. The van der Waals surface area contributed by atoms with E-state index in [9.17, 15) is 57.1 Å². The Morgan fingerprint density at radius 3 is 0.904 bits per heavy atom. The van der Waals surface area contributed by atoms with Gasteiger partial charge in [-0.2, -0.15) is 26.3 Å². The molecule has 16 nitrogen and oxygen atoms in total. The average Bonchev–Trinajstić information content (AvgIpc) is 1.62. The first-order valence-electron chi connectivity index (χ1n) is 45.5. The number of piperidine rings is 9. The van der Waals surface area contributed by atoms with E-state index in [4.69, 9.17) is 0 Å². The summed E-state index contributed by atoms with van der Waals surface area (Å²) in [6.07, 6.45) is 15.5. The number of fused-ring (bicyclic) bond motifs is 1. The Morgan fingerprint density at radius 2 is 0.596 bits per heavy atom. The highest BCUT2D eigenvalue weighted by Gasteiger charge is 2.51. The van der Waals surface area contributed by atoms with Crippen molar-refractivity contribution in [3.8, 4) is 0 Å². The van der Waals surface area contributed by atoms with Gasteiger partial charge in [-0.3, -0.25) is 39.2 Å². The molecule has 17 aliphatic rings. The van der Waals surface area contributed by atoms with Crippen LogP contribution in [-0.4, -0.2) is 434 Å². The molecule has 666 valence electrons. The first-order valence-corrected chi connectivity index (χ1v) is 45.5. The fourth-order valence-electron chi connectivity index (χ4n) is 21.9.